The van der Waals surface area contributed by atoms with Gasteiger partial charge in [-0.1, -0.05) is 24.3 Å². The second-order valence-corrected chi connectivity index (χ2v) is 7.22. The van der Waals surface area contributed by atoms with Crippen molar-refractivity contribution in [2.75, 3.05) is 13.7 Å². The van der Waals surface area contributed by atoms with E-state index in [1.165, 1.54) is 0 Å². The summed E-state index contributed by atoms with van der Waals surface area (Å²) in [4.78, 5) is 16.8. The van der Waals surface area contributed by atoms with Gasteiger partial charge < -0.3 is 19.4 Å². The summed E-state index contributed by atoms with van der Waals surface area (Å²) in [6, 6.07) is 13.9. The third-order valence-corrected chi connectivity index (χ3v) is 5.17. The van der Waals surface area contributed by atoms with Crippen molar-refractivity contribution in [3.8, 4) is 17.2 Å². The second-order valence-electron chi connectivity index (χ2n) is 7.22. The van der Waals surface area contributed by atoms with Gasteiger partial charge in [0.25, 0.3) is 0 Å². The first-order valence-electron chi connectivity index (χ1n) is 9.83. The van der Waals surface area contributed by atoms with Crippen LogP contribution in [0.5, 0.6) is 11.5 Å². The van der Waals surface area contributed by atoms with Crippen LogP contribution in [0.3, 0.4) is 0 Å². The third-order valence-electron chi connectivity index (χ3n) is 5.17. The molecule has 0 bridgehead atoms. The number of rotatable bonds is 6. The van der Waals surface area contributed by atoms with Crippen LogP contribution in [-0.2, 0) is 11.2 Å². The fraction of sp³-hybridized carbons (Fsp3) is 0.304. The van der Waals surface area contributed by atoms with E-state index in [4.69, 9.17) is 9.47 Å². The Morgan fingerprint density at radius 2 is 2.17 bits per heavy atom. The molecule has 1 aliphatic heterocycles. The molecule has 6 heteroatoms. The molecule has 1 aromatic heterocycles. The lowest BCUT2D eigenvalue weighted by molar-refractivity contribution is -0.122. The Hall–Kier alpha value is -3.28. The van der Waals surface area contributed by atoms with E-state index in [-0.39, 0.29) is 11.9 Å². The van der Waals surface area contributed by atoms with Crippen LogP contribution < -0.4 is 14.8 Å². The molecule has 0 aliphatic carbocycles. The molecule has 1 aliphatic rings. The number of fused-ring (bicyclic) bond motifs is 1. The van der Waals surface area contributed by atoms with Crippen molar-refractivity contribution in [2.24, 2.45) is 0 Å². The van der Waals surface area contributed by atoms with Gasteiger partial charge in [-0.3, -0.25) is 4.79 Å². The highest BCUT2D eigenvalue weighted by molar-refractivity contribution is 5.77. The summed E-state index contributed by atoms with van der Waals surface area (Å²) < 4.78 is 13.2. The molecule has 1 amide bonds. The van der Waals surface area contributed by atoms with Crippen molar-refractivity contribution in [3.05, 3.63) is 71.8 Å². The van der Waals surface area contributed by atoms with Crippen molar-refractivity contribution < 1.29 is 14.3 Å². The lowest BCUT2D eigenvalue weighted by atomic mass is 10.00. The first-order valence-corrected chi connectivity index (χ1v) is 9.83. The molecule has 0 fully saturated rings. The van der Waals surface area contributed by atoms with Crippen molar-refractivity contribution in [2.45, 2.75) is 32.2 Å². The van der Waals surface area contributed by atoms with Crippen LogP contribution in [0, 0.1) is 6.92 Å². The Labute approximate surface area is 170 Å². The number of methoxy groups -OCH3 is 1. The normalized spacial score (nSPS) is 15.3. The summed E-state index contributed by atoms with van der Waals surface area (Å²) in [6.45, 7) is 2.57. The van der Waals surface area contributed by atoms with E-state index < -0.39 is 0 Å². The summed E-state index contributed by atoms with van der Waals surface area (Å²) in [5.41, 5.74) is 3.99. The number of imidazole rings is 1. The number of carbonyl (C=O) groups excluding carboxylic acids is 1. The highest BCUT2D eigenvalue weighted by Crippen LogP contribution is 2.31. The Balaban J connectivity index is 1.40. The molecule has 4 rings (SSSR count). The van der Waals surface area contributed by atoms with Crippen LogP contribution >= 0.6 is 0 Å². The second kappa shape index (κ2) is 8.39. The summed E-state index contributed by atoms with van der Waals surface area (Å²) in [7, 11) is 1.65. The van der Waals surface area contributed by atoms with E-state index in [1.54, 1.807) is 13.4 Å². The van der Waals surface area contributed by atoms with Crippen LogP contribution in [0.25, 0.3) is 5.69 Å². The minimum Gasteiger partial charge on any atom is -0.495 e. The van der Waals surface area contributed by atoms with Gasteiger partial charge in [0, 0.05) is 24.6 Å². The standard InChI is InChI=1S/C23H25N3O3/c1-16-14-26(15-24-16)20-9-7-17(13-22(20)28-2)8-10-23(27)25-19-11-12-29-21-6-4-3-5-18(19)21/h3-7,9,13-15,19H,8,10-12H2,1-2H3,(H,25,27)/t19-/m0/s1. The van der Waals surface area contributed by atoms with E-state index >= 15 is 0 Å². The molecule has 29 heavy (non-hydrogen) atoms. The maximum atomic E-state index is 12.5. The minimum atomic E-state index is 0.00819. The Bertz CT molecular complexity index is 1010. The Kier molecular flexibility index (Phi) is 5.51. The van der Waals surface area contributed by atoms with Crippen LogP contribution in [0.2, 0.25) is 0 Å². The van der Waals surface area contributed by atoms with E-state index in [1.807, 2.05) is 60.2 Å². The third kappa shape index (κ3) is 4.26. The van der Waals surface area contributed by atoms with Gasteiger partial charge in [0.2, 0.25) is 5.91 Å². The zero-order valence-electron chi connectivity index (χ0n) is 16.7. The molecule has 0 unspecified atom stereocenters. The molecule has 1 N–H and O–H groups in total. The summed E-state index contributed by atoms with van der Waals surface area (Å²) in [5.74, 6) is 1.66. The average molecular weight is 391 g/mol. The van der Waals surface area contributed by atoms with Gasteiger partial charge in [-0.2, -0.15) is 0 Å². The van der Waals surface area contributed by atoms with Crippen molar-refractivity contribution in [3.63, 3.8) is 0 Å². The monoisotopic (exact) mass is 391 g/mol. The van der Waals surface area contributed by atoms with E-state index in [0.717, 1.165) is 40.4 Å². The molecule has 150 valence electrons. The quantitative estimate of drug-likeness (QED) is 0.695. The largest absolute Gasteiger partial charge is 0.495 e. The van der Waals surface area contributed by atoms with Crippen LogP contribution in [0.4, 0.5) is 0 Å². The number of carbonyl (C=O) groups is 1. The number of benzene rings is 2. The molecule has 2 aromatic carbocycles. The summed E-state index contributed by atoms with van der Waals surface area (Å²) in [5, 5.41) is 3.15. The smallest absolute Gasteiger partial charge is 0.220 e. The summed E-state index contributed by atoms with van der Waals surface area (Å²) >= 11 is 0. The minimum absolute atomic E-state index is 0.00819. The number of hydrogen-bond acceptors (Lipinski definition) is 4. The van der Waals surface area contributed by atoms with Crippen molar-refractivity contribution in [1.29, 1.82) is 0 Å². The van der Waals surface area contributed by atoms with Gasteiger partial charge in [-0.15, -0.1) is 0 Å². The SMILES string of the molecule is COc1cc(CCC(=O)N[C@H]2CCOc3ccccc32)ccc1-n1cnc(C)c1. The predicted molar refractivity (Wildman–Crippen MR) is 111 cm³/mol. The zero-order valence-corrected chi connectivity index (χ0v) is 16.7. The zero-order chi connectivity index (χ0) is 20.2. The lowest BCUT2D eigenvalue weighted by Gasteiger charge is -2.26. The molecule has 6 nitrogen and oxygen atoms in total. The van der Waals surface area contributed by atoms with Crippen molar-refractivity contribution in [1.82, 2.24) is 14.9 Å². The van der Waals surface area contributed by atoms with E-state index in [0.29, 0.717) is 19.4 Å². The van der Waals surface area contributed by atoms with Gasteiger partial charge in [0.15, 0.2) is 0 Å². The van der Waals surface area contributed by atoms with Gasteiger partial charge in [-0.05, 0) is 37.1 Å². The molecule has 2 heterocycles. The summed E-state index contributed by atoms with van der Waals surface area (Å²) in [6.07, 6.45) is 5.58. The lowest BCUT2D eigenvalue weighted by Crippen LogP contribution is -2.32. The molecule has 3 aromatic rings. The Morgan fingerprint density at radius 3 is 2.97 bits per heavy atom. The van der Waals surface area contributed by atoms with Crippen LogP contribution in [0.1, 0.15) is 35.7 Å². The van der Waals surface area contributed by atoms with E-state index in [2.05, 4.69) is 10.3 Å². The van der Waals surface area contributed by atoms with Crippen LogP contribution in [-0.4, -0.2) is 29.2 Å². The number of aromatic nitrogens is 2. The van der Waals surface area contributed by atoms with Crippen LogP contribution in [0.15, 0.2) is 55.0 Å². The molecule has 1 atom stereocenters. The molecule has 0 saturated carbocycles. The maximum Gasteiger partial charge on any atom is 0.220 e. The highest BCUT2D eigenvalue weighted by atomic mass is 16.5. The molecule has 0 saturated heterocycles. The fourth-order valence-electron chi connectivity index (χ4n) is 3.66. The molecular formula is C23H25N3O3. The number of hydrogen-bond donors (Lipinski definition) is 1. The number of para-hydroxylation sites is 1. The molecular weight excluding hydrogens is 366 g/mol. The van der Waals surface area contributed by atoms with Gasteiger partial charge >= 0.3 is 0 Å². The molecule has 0 spiro atoms. The number of ether oxygens (including phenoxy) is 2. The highest BCUT2D eigenvalue weighted by Gasteiger charge is 2.22. The maximum absolute atomic E-state index is 12.5. The predicted octanol–water partition coefficient (Wildman–Crippen LogP) is 3.76. The van der Waals surface area contributed by atoms with Gasteiger partial charge in [0.05, 0.1) is 37.5 Å². The van der Waals surface area contributed by atoms with Gasteiger partial charge in [-0.25, -0.2) is 4.98 Å². The average Bonchev–Trinajstić information content (AvgIpc) is 3.18. The van der Waals surface area contributed by atoms with Gasteiger partial charge in [0.1, 0.15) is 11.5 Å². The van der Waals surface area contributed by atoms with Crippen molar-refractivity contribution >= 4 is 5.91 Å². The van der Waals surface area contributed by atoms with E-state index in [9.17, 15) is 4.79 Å². The number of aryl methyl sites for hydroxylation is 2. The molecule has 0 radical (unpaired) electrons. The Morgan fingerprint density at radius 1 is 1.31 bits per heavy atom. The number of nitrogens with one attached hydrogen (secondary N) is 1. The number of nitrogens with zero attached hydrogens (tertiary/aromatic N) is 2. The first-order chi connectivity index (χ1) is 14.1. The fourth-order valence-corrected chi connectivity index (χ4v) is 3.66. The topological polar surface area (TPSA) is 65.4 Å². The first kappa shape index (κ1) is 19.1. The number of amides is 1.